The predicted octanol–water partition coefficient (Wildman–Crippen LogP) is 7.31. The van der Waals surface area contributed by atoms with Crippen molar-refractivity contribution in [2.45, 2.75) is 109 Å². The van der Waals surface area contributed by atoms with Crippen LogP contribution < -0.4 is 0 Å². The molecule has 0 saturated carbocycles. The second-order valence-electron chi connectivity index (χ2n) is 6.75. The molecular formula is C19H35F3O2S. The van der Waals surface area contributed by atoms with Gasteiger partial charge in [-0.25, -0.2) is 8.42 Å². The predicted molar refractivity (Wildman–Crippen MR) is 99.0 cm³/mol. The van der Waals surface area contributed by atoms with E-state index in [0.29, 0.717) is 6.42 Å². The van der Waals surface area contributed by atoms with E-state index in [4.69, 9.17) is 0 Å². The lowest BCUT2D eigenvalue weighted by Crippen LogP contribution is -2.20. The van der Waals surface area contributed by atoms with Crippen molar-refractivity contribution in [3.05, 3.63) is 11.5 Å². The van der Waals surface area contributed by atoms with Crippen LogP contribution in [-0.2, 0) is 9.84 Å². The summed E-state index contributed by atoms with van der Waals surface area (Å²) in [6.07, 6.45) is 18.6. The molecule has 2 nitrogen and oxygen atoms in total. The largest absolute Gasteiger partial charge is 0.501 e. The van der Waals surface area contributed by atoms with Gasteiger partial charge in [-0.05, 0) is 12.8 Å². The number of sulfone groups is 1. The van der Waals surface area contributed by atoms with Crippen molar-refractivity contribution in [3.8, 4) is 0 Å². The Morgan fingerprint density at radius 1 is 0.680 bits per heavy atom. The van der Waals surface area contributed by atoms with Crippen LogP contribution in [0.4, 0.5) is 13.2 Å². The highest BCUT2D eigenvalue weighted by atomic mass is 32.2. The molecule has 0 aromatic rings. The van der Waals surface area contributed by atoms with Crippen LogP contribution in [0, 0.1) is 0 Å². The van der Waals surface area contributed by atoms with Crippen LogP contribution in [0.5, 0.6) is 0 Å². The first-order chi connectivity index (χ1) is 11.8. The van der Waals surface area contributed by atoms with E-state index in [-0.39, 0.29) is 5.41 Å². The molecular weight excluding hydrogens is 349 g/mol. The third kappa shape index (κ3) is 14.3. The van der Waals surface area contributed by atoms with Crippen molar-refractivity contribution in [1.29, 1.82) is 0 Å². The quantitative estimate of drug-likeness (QED) is 0.261. The van der Waals surface area contributed by atoms with Crippen LogP contribution in [0.3, 0.4) is 0 Å². The molecule has 0 rings (SSSR count). The Bertz CT molecular complexity index is 428. The Morgan fingerprint density at radius 2 is 1.04 bits per heavy atom. The van der Waals surface area contributed by atoms with Crippen LogP contribution in [0.2, 0.25) is 0 Å². The van der Waals surface area contributed by atoms with Gasteiger partial charge in [0.2, 0.25) is 0 Å². The lowest BCUT2D eigenvalue weighted by Gasteiger charge is -2.03. The number of alkyl halides is 3. The number of hydrogen-bond donors (Lipinski definition) is 0. The topological polar surface area (TPSA) is 34.1 Å². The fourth-order valence-electron chi connectivity index (χ4n) is 2.73. The molecule has 0 unspecified atom stereocenters. The normalized spacial score (nSPS) is 13.0. The van der Waals surface area contributed by atoms with E-state index in [1.54, 1.807) is 0 Å². The molecule has 0 N–H and O–H groups in total. The molecule has 0 aliphatic carbocycles. The van der Waals surface area contributed by atoms with E-state index in [1.165, 1.54) is 64.2 Å². The molecule has 0 aliphatic heterocycles. The molecule has 0 aliphatic rings. The molecule has 0 heterocycles. The molecule has 150 valence electrons. The van der Waals surface area contributed by atoms with Gasteiger partial charge in [0.05, 0.1) is 0 Å². The maximum Gasteiger partial charge on any atom is 0.501 e. The molecule has 0 atom stereocenters. The van der Waals surface area contributed by atoms with Gasteiger partial charge in [0.25, 0.3) is 9.84 Å². The summed E-state index contributed by atoms with van der Waals surface area (Å²) in [5, 5.41) is 0.287. The van der Waals surface area contributed by atoms with E-state index in [9.17, 15) is 21.6 Å². The number of allylic oxidation sites excluding steroid dienone is 1. The number of unbranched alkanes of at least 4 members (excludes halogenated alkanes) is 14. The van der Waals surface area contributed by atoms with Crippen LogP contribution in [0.1, 0.15) is 103 Å². The van der Waals surface area contributed by atoms with Gasteiger partial charge in [-0.15, -0.1) is 0 Å². The summed E-state index contributed by atoms with van der Waals surface area (Å²) in [4.78, 5) is 0. The first-order valence-corrected chi connectivity index (χ1v) is 11.3. The summed E-state index contributed by atoms with van der Waals surface area (Å²) in [5.74, 6) is 0. The van der Waals surface area contributed by atoms with E-state index in [0.717, 1.165) is 31.8 Å². The first-order valence-electron chi connectivity index (χ1n) is 9.79. The summed E-state index contributed by atoms with van der Waals surface area (Å²) in [6, 6.07) is 0. The average Bonchev–Trinajstić information content (AvgIpc) is 2.53. The molecule has 0 aromatic heterocycles. The number of hydrogen-bond acceptors (Lipinski definition) is 2. The van der Waals surface area contributed by atoms with Crippen LogP contribution >= 0.6 is 0 Å². The Balaban J connectivity index is 3.35. The van der Waals surface area contributed by atoms with Gasteiger partial charge >= 0.3 is 5.51 Å². The second kappa shape index (κ2) is 14.6. The minimum atomic E-state index is -5.18. The standard InChI is InChI=1S/C19H35F3O2S/c1-2-3-4-5-6-7-8-9-10-11-12-13-14-15-16-17-18-25(23,24)19(20,21)22/h17-18H,2-16H2,1H3. The molecule has 0 radical (unpaired) electrons. The fraction of sp³-hybridized carbons (Fsp3) is 0.895. The highest BCUT2D eigenvalue weighted by Crippen LogP contribution is 2.24. The third-order valence-electron chi connectivity index (χ3n) is 4.32. The van der Waals surface area contributed by atoms with Gasteiger partial charge in [0.15, 0.2) is 0 Å². The Morgan fingerprint density at radius 3 is 1.40 bits per heavy atom. The maximum atomic E-state index is 12.1. The van der Waals surface area contributed by atoms with E-state index in [2.05, 4.69) is 6.92 Å². The zero-order valence-electron chi connectivity index (χ0n) is 15.6. The van der Waals surface area contributed by atoms with Crippen LogP contribution in [0.15, 0.2) is 11.5 Å². The van der Waals surface area contributed by atoms with Gasteiger partial charge in [0.1, 0.15) is 0 Å². The van der Waals surface area contributed by atoms with Crippen molar-refractivity contribution in [2.24, 2.45) is 0 Å². The number of halogens is 3. The van der Waals surface area contributed by atoms with E-state index >= 15 is 0 Å². The van der Waals surface area contributed by atoms with Crippen molar-refractivity contribution in [3.63, 3.8) is 0 Å². The maximum absolute atomic E-state index is 12.1. The monoisotopic (exact) mass is 384 g/mol. The molecule has 0 bridgehead atoms. The minimum absolute atomic E-state index is 0.287. The molecule has 0 aromatic carbocycles. The van der Waals surface area contributed by atoms with Gasteiger partial charge in [-0.2, -0.15) is 13.2 Å². The van der Waals surface area contributed by atoms with Gasteiger partial charge < -0.3 is 0 Å². The average molecular weight is 385 g/mol. The summed E-state index contributed by atoms with van der Waals surface area (Å²) >= 11 is 0. The Hall–Kier alpha value is -0.520. The molecule has 0 fully saturated rings. The zero-order valence-corrected chi connectivity index (χ0v) is 16.4. The highest BCUT2D eigenvalue weighted by molar-refractivity contribution is 7.95. The van der Waals surface area contributed by atoms with E-state index < -0.39 is 15.3 Å². The van der Waals surface area contributed by atoms with E-state index in [1.807, 2.05) is 0 Å². The summed E-state index contributed by atoms with van der Waals surface area (Å²) in [7, 11) is -5.10. The fourth-order valence-corrected chi connectivity index (χ4v) is 3.27. The third-order valence-corrected chi connectivity index (χ3v) is 5.52. The first kappa shape index (κ1) is 24.5. The van der Waals surface area contributed by atoms with Crippen LogP contribution in [-0.4, -0.2) is 13.9 Å². The van der Waals surface area contributed by atoms with Crippen molar-refractivity contribution in [1.82, 2.24) is 0 Å². The van der Waals surface area contributed by atoms with Gasteiger partial charge in [-0.3, -0.25) is 0 Å². The smallest absolute Gasteiger partial charge is 0.215 e. The molecule has 25 heavy (non-hydrogen) atoms. The SMILES string of the molecule is CCCCCCCCCCCCCCCCC=CS(=O)(=O)C(F)(F)F. The van der Waals surface area contributed by atoms with Crippen molar-refractivity contribution >= 4 is 9.84 Å². The zero-order chi connectivity index (χ0) is 19.0. The van der Waals surface area contributed by atoms with Gasteiger partial charge in [0, 0.05) is 5.41 Å². The van der Waals surface area contributed by atoms with Gasteiger partial charge in [-0.1, -0.05) is 96.5 Å². The lowest BCUT2D eigenvalue weighted by molar-refractivity contribution is -0.0423. The Kier molecular flexibility index (Phi) is 14.3. The van der Waals surface area contributed by atoms with Crippen molar-refractivity contribution < 1.29 is 21.6 Å². The van der Waals surface area contributed by atoms with Crippen LogP contribution in [0.25, 0.3) is 0 Å². The summed E-state index contributed by atoms with van der Waals surface area (Å²) in [6.45, 7) is 2.23. The molecule has 0 amide bonds. The number of rotatable bonds is 16. The molecule has 0 spiro atoms. The Labute approximate surface area is 152 Å². The summed E-state index contributed by atoms with van der Waals surface area (Å²) < 4.78 is 57.8. The highest BCUT2D eigenvalue weighted by Gasteiger charge is 2.43. The van der Waals surface area contributed by atoms with Crippen molar-refractivity contribution in [2.75, 3.05) is 0 Å². The molecule has 6 heteroatoms. The second-order valence-corrected chi connectivity index (χ2v) is 8.57. The molecule has 0 saturated heterocycles. The minimum Gasteiger partial charge on any atom is -0.215 e. The summed E-state index contributed by atoms with van der Waals surface area (Å²) in [5.41, 5.74) is -5.18. The lowest BCUT2D eigenvalue weighted by atomic mass is 10.0.